The minimum atomic E-state index is 0.581. The second-order valence-electron chi connectivity index (χ2n) is 6.55. The summed E-state index contributed by atoms with van der Waals surface area (Å²) in [4.78, 5) is 0. The van der Waals surface area contributed by atoms with Gasteiger partial charge in [-0.25, -0.2) is 0 Å². The van der Waals surface area contributed by atoms with E-state index in [1.54, 1.807) is 0 Å². The molecule has 1 saturated heterocycles. The van der Waals surface area contributed by atoms with E-state index in [0.717, 1.165) is 25.1 Å². The van der Waals surface area contributed by atoms with Crippen LogP contribution >= 0.6 is 0 Å². The van der Waals surface area contributed by atoms with Crippen LogP contribution in [0.15, 0.2) is 0 Å². The average molecular weight is 267 g/mol. The van der Waals surface area contributed by atoms with Crippen molar-refractivity contribution in [3.8, 4) is 0 Å². The smallest absolute Gasteiger partial charge is 0.0576 e. The Kier molecular flexibility index (Phi) is 7.23. The van der Waals surface area contributed by atoms with E-state index in [9.17, 15) is 0 Å². The normalized spacial score (nSPS) is 26.1. The fraction of sp³-hybridized carbons (Fsp3) is 1.00. The molecule has 1 saturated carbocycles. The van der Waals surface area contributed by atoms with Gasteiger partial charge in [0.2, 0.25) is 0 Å². The average Bonchev–Trinajstić information content (AvgIpc) is 3.09. The second-order valence-corrected chi connectivity index (χ2v) is 6.55. The Bertz CT molecular complexity index is 219. The molecule has 2 aliphatic rings. The predicted octanol–water partition coefficient (Wildman–Crippen LogP) is 4.28. The maximum Gasteiger partial charge on any atom is 0.0576 e. The van der Waals surface area contributed by atoms with E-state index in [4.69, 9.17) is 4.74 Å². The molecule has 0 spiro atoms. The van der Waals surface area contributed by atoms with Crippen molar-refractivity contribution in [2.24, 2.45) is 5.92 Å². The topological polar surface area (TPSA) is 21.3 Å². The molecule has 0 aromatic heterocycles. The molecular weight excluding hydrogens is 234 g/mol. The zero-order valence-electron chi connectivity index (χ0n) is 12.8. The van der Waals surface area contributed by atoms with Gasteiger partial charge in [0.1, 0.15) is 0 Å². The van der Waals surface area contributed by atoms with Crippen molar-refractivity contribution in [2.45, 2.75) is 89.7 Å². The maximum absolute atomic E-state index is 5.72. The fourth-order valence-electron chi connectivity index (χ4n) is 3.84. The van der Waals surface area contributed by atoms with E-state index in [1.165, 1.54) is 70.6 Å². The molecule has 2 atom stereocenters. The van der Waals surface area contributed by atoms with Gasteiger partial charge >= 0.3 is 0 Å². The van der Waals surface area contributed by atoms with E-state index in [0.29, 0.717) is 6.10 Å². The van der Waals surface area contributed by atoms with Gasteiger partial charge in [-0.15, -0.1) is 0 Å². The van der Waals surface area contributed by atoms with Crippen LogP contribution in [0.1, 0.15) is 77.6 Å². The van der Waals surface area contributed by atoms with E-state index >= 15 is 0 Å². The Morgan fingerprint density at radius 2 is 1.89 bits per heavy atom. The van der Waals surface area contributed by atoms with Crippen LogP contribution in [0, 0.1) is 5.92 Å². The van der Waals surface area contributed by atoms with Gasteiger partial charge in [0.05, 0.1) is 6.10 Å². The summed E-state index contributed by atoms with van der Waals surface area (Å²) in [6.07, 6.45) is 15.9. The lowest BCUT2D eigenvalue weighted by Gasteiger charge is -2.20. The van der Waals surface area contributed by atoms with Crippen molar-refractivity contribution in [3.05, 3.63) is 0 Å². The molecule has 2 heteroatoms. The van der Waals surface area contributed by atoms with Gasteiger partial charge < -0.3 is 10.1 Å². The van der Waals surface area contributed by atoms with Crippen LogP contribution in [0.5, 0.6) is 0 Å². The van der Waals surface area contributed by atoms with E-state index in [2.05, 4.69) is 12.2 Å². The number of ether oxygens (including phenoxy) is 1. The van der Waals surface area contributed by atoms with Crippen molar-refractivity contribution in [1.82, 2.24) is 5.32 Å². The highest BCUT2D eigenvalue weighted by Gasteiger charge is 2.18. The second kappa shape index (κ2) is 8.97. The molecule has 0 bridgehead atoms. The van der Waals surface area contributed by atoms with E-state index < -0.39 is 0 Å². The molecular formula is C17H33NO. The Morgan fingerprint density at radius 3 is 2.58 bits per heavy atom. The Morgan fingerprint density at radius 1 is 1.05 bits per heavy atom. The third kappa shape index (κ3) is 5.83. The third-order valence-electron chi connectivity index (χ3n) is 4.99. The Labute approximate surface area is 119 Å². The lowest BCUT2D eigenvalue weighted by atomic mass is 9.95. The Hall–Kier alpha value is -0.0800. The summed E-state index contributed by atoms with van der Waals surface area (Å²) in [6.45, 7) is 4.36. The first-order chi connectivity index (χ1) is 9.38. The maximum atomic E-state index is 5.72. The molecule has 0 aromatic carbocycles. The van der Waals surface area contributed by atoms with Crippen LogP contribution in [0.2, 0.25) is 0 Å². The van der Waals surface area contributed by atoms with Crippen LogP contribution in [0.4, 0.5) is 0 Å². The van der Waals surface area contributed by atoms with Gasteiger partial charge in [0.15, 0.2) is 0 Å². The number of hydrogen-bond donors (Lipinski definition) is 1. The quantitative estimate of drug-likeness (QED) is 0.673. The lowest BCUT2D eigenvalue weighted by molar-refractivity contribution is 0.101. The summed E-state index contributed by atoms with van der Waals surface area (Å²) >= 11 is 0. The predicted molar refractivity (Wildman–Crippen MR) is 81.5 cm³/mol. The van der Waals surface area contributed by atoms with Crippen molar-refractivity contribution < 1.29 is 4.74 Å². The fourth-order valence-corrected chi connectivity index (χ4v) is 3.84. The monoisotopic (exact) mass is 267 g/mol. The molecule has 0 radical (unpaired) electrons. The highest BCUT2D eigenvalue weighted by molar-refractivity contribution is 4.74. The molecule has 112 valence electrons. The number of hydrogen-bond acceptors (Lipinski definition) is 2. The standard InChI is InChI=1S/C17H33NO/c1-2-18-16(13-12-15-7-3-4-8-15)9-5-10-17-11-6-14-19-17/h15-18H,2-14H2,1H3. The first kappa shape index (κ1) is 15.3. The zero-order valence-corrected chi connectivity index (χ0v) is 12.8. The highest BCUT2D eigenvalue weighted by atomic mass is 16.5. The highest BCUT2D eigenvalue weighted by Crippen LogP contribution is 2.29. The van der Waals surface area contributed by atoms with Gasteiger partial charge in [-0.05, 0) is 57.4 Å². The van der Waals surface area contributed by atoms with E-state index in [-0.39, 0.29) is 0 Å². The van der Waals surface area contributed by atoms with Gasteiger partial charge in [0, 0.05) is 12.6 Å². The molecule has 2 unspecified atom stereocenters. The summed E-state index contributed by atoms with van der Waals surface area (Å²) in [6, 6.07) is 0.756. The molecule has 1 N–H and O–H groups in total. The minimum absolute atomic E-state index is 0.581. The minimum Gasteiger partial charge on any atom is -0.378 e. The van der Waals surface area contributed by atoms with Gasteiger partial charge in [-0.3, -0.25) is 0 Å². The Balaban J connectivity index is 1.57. The molecule has 1 aliphatic carbocycles. The lowest BCUT2D eigenvalue weighted by Crippen LogP contribution is -2.29. The first-order valence-electron chi connectivity index (χ1n) is 8.73. The van der Waals surface area contributed by atoms with Crippen molar-refractivity contribution in [1.29, 1.82) is 0 Å². The molecule has 0 aromatic rings. The van der Waals surface area contributed by atoms with Gasteiger partial charge in [0.25, 0.3) is 0 Å². The van der Waals surface area contributed by atoms with Gasteiger partial charge in [-0.1, -0.05) is 32.6 Å². The van der Waals surface area contributed by atoms with Crippen LogP contribution in [-0.4, -0.2) is 25.3 Å². The van der Waals surface area contributed by atoms with Crippen LogP contribution < -0.4 is 5.32 Å². The van der Waals surface area contributed by atoms with Crippen molar-refractivity contribution in [3.63, 3.8) is 0 Å². The number of rotatable bonds is 9. The summed E-state index contributed by atoms with van der Waals surface area (Å²) in [7, 11) is 0. The third-order valence-corrected chi connectivity index (χ3v) is 4.99. The summed E-state index contributed by atoms with van der Waals surface area (Å²) in [5, 5.41) is 3.69. The summed E-state index contributed by atoms with van der Waals surface area (Å²) in [5.74, 6) is 1.04. The largest absolute Gasteiger partial charge is 0.378 e. The molecule has 1 aliphatic heterocycles. The van der Waals surface area contributed by atoms with Crippen LogP contribution in [0.3, 0.4) is 0 Å². The number of nitrogens with one attached hydrogen (secondary N) is 1. The van der Waals surface area contributed by atoms with Crippen LogP contribution in [0.25, 0.3) is 0 Å². The van der Waals surface area contributed by atoms with Crippen LogP contribution in [-0.2, 0) is 4.74 Å². The van der Waals surface area contributed by atoms with Crippen molar-refractivity contribution in [2.75, 3.05) is 13.2 Å². The van der Waals surface area contributed by atoms with Crippen molar-refractivity contribution >= 4 is 0 Å². The first-order valence-corrected chi connectivity index (χ1v) is 8.73. The molecule has 0 amide bonds. The molecule has 19 heavy (non-hydrogen) atoms. The molecule has 1 heterocycles. The SMILES string of the molecule is CCNC(CCCC1CCCO1)CCC1CCCC1. The zero-order chi connectivity index (χ0) is 13.3. The van der Waals surface area contributed by atoms with E-state index in [1.807, 2.05) is 0 Å². The van der Waals surface area contributed by atoms with Gasteiger partial charge in [-0.2, -0.15) is 0 Å². The molecule has 2 fully saturated rings. The summed E-state index contributed by atoms with van der Waals surface area (Å²) in [5.41, 5.74) is 0. The molecule has 2 nitrogen and oxygen atoms in total. The molecule has 2 rings (SSSR count). The summed E-state index contributed by atoms with van der Waals surface area (Å²) < 4.78 is 5.72.